The highest BCUT2D eigenvalue weighted by atomic mass is 19.1. The van der Waals surface area contributed by atoms with E-state index in [1.54, 1.807) is 30.3 Å². The number of para-hydroxylation sites is 1. The predicted octanol–water partition coefficient (Wildman–Crippen LogP) is 2.79. The molecule has 0 fully saturated rings. The maximum Gasteiger partial charge on any atom is 0.185 e. The van der Waals surface area contributed by atoms with Crippen molar-refractivity contribution in [2.24, 2.45) is 0 Å². The first-order valence-corrected chi connectivity index (χ1v) is 6.31. The molecule has 6 heteroatoms. The summed E-state index contributed by atoms with van der Waals surface area (Å²) in [5.74, 6) is 0.105. The third-order valence-electron chi connectivity index (χ3n) is 3.28. The Morgan fingerprint density at radius 3 is 2.81 bits per heavy atom. The fraction of sp³-hybridized carbons (Fsp3) is 0. The second kappa shape index (κ2) is 4.24. The van der Waals surface area contributed by atoms with Gasteiger partial charge in [0, 0.05) is 5.39 Å². The molecule has 2 heterocycles. The highest BCUT2D eigenvalue weighted by Crippen LogP contribution is 2.27. The SMILES string of the molecule is Oc1ccccc1-c1nc2c3cc(F)ccc3ncn2n1. The van der Waals surface area contributed by atoms with Crippen LogP contribution in [0.4, 0.5) is 4.39 Å². The summed E-state index contributed by atoms with van der Waals surface area (Å²) < 4.78 is 14.9. The highest BCUT2D eigenvalue weighted by Gasteiger charge is 2.12. The van der Waals surface area contributed by atoms with E-state index in [1.165, 1.54) is 23.0 Å². The number of halogens is 1. The third-order valence-corrected chi connectivity index (χ3v) is 3.28. The minimum Gasteiger partial charge on any atom is -0.507 e. The smallest absolute Gasteiger partial charge is 0.185 e. The van der Waals surface area contributed by atoms with E-state index in [4.69, 9.17) is 0 Å². The average molecular weight is 280 g/mol. The second-order valence-corrected chi connectivity index (χ2v) is 4.63. The van der Waals surface area contributed by atoms with Gasteiger partial charge in [-0.2, -0.15) is 0 Å². The number of rotatable bonds is 1. The summed E-state index contributed by atoms with van der Waals surface area (Å²) >= 11 is 0. The molecule has 0 amide bonds. The number of benzene rings is 2. The number of phenolic OH excluding ortho intramolecular Hbond substituents is 1. The van der Waals surface area contributed by atoms with Gasteiger partial charge in [0.1, 0.15) is 17.9 Å². The van der Waals surface area contributed by atoms with E-state index >= 15 is 0 Å². The quantitative estimate of drug-likeness (QED) is 0.582. The van der Waals surface area contributed by atoms with Crippen LogP contribution in [0.15, 0.2) is 48.8 Å². The zero-order valence-corrected chi connectivity index (χ0v) is 10.7. The van der Waals surface area contributed by atoms with Crippen LogP contribution in [-0.4, -0.2) is 24.7 Å². The van der Waals surface area contributed by atoms with E-state index in [-0.39, 0.29) is 11.6 Å². The fourth-order valence-corrected chi connectivity index (χ4v) is 2.28. The molecule has 4 aromatic rings. The first kappa shape index (κ1) is 11.8. The molecule has 0 saturated carbocycles. The lowest BCUT2D eigenvalue weighted by Gasteiger charge is -1.97. The molecule has 0 aliphatic heterocycles. The Morgan fingerprint density at radius 2 is 1.95 bits per heavy atom. The second-order valence-electron chi connectivity index (χ2n) is 4.63. The van der Waals surface area contributed by atoms with Crippen LogP contribution in [-0.2, 0) is 0 Å². The molecule has 0 bridgehead atoms. The summed E-state index contributed by atoms with van der Waals surface area (Å²) in [4.78, 5) is 8.61. The van der Waals surface area contributed by atoms with E-state index < -0.39 is 0 Å². The van der Waals surface area contributed by atoms with Gasteiger partial charge in [-0.05, 0) is 30.3 Å². The van der Waals surface area contributed by atoms with Gasteiger partial charge in [0.15, 0.2) is 11.5 Å². The van der Waals surface area contributed by atoms with E-state index in [2.05, 4.69) is 15.1 Å². The Morgan fingerprint density at radius 1 is 1.10 bits per heavy atom. The maximum atomic E-state index is 13.4. The lowest BCUT2D eigenvalue weighted by Crippen LogP contribution is -1.91. The van der Waals surface area contributed by atoms with E-state index in [0.717, 1.165) is 0 Å². The topological polar surface area (TPSA) is 63.3 Å². The van der Waals surface area contributed by atoms with Crippen LogP contribution in [0.1, 0.15) is 0 Å². The van der Waals surface area contributed by atoms with Crippen molar-refractivity contribution in [1.29, 1.82) is 0 Å². The van der Waals surface area contributed by atoms with Crippen molar-refractivity contribution < 1.29 is 9.50 Å². The summed E-state index contributed by atoms with van der Waals surface area (Å²) in [6.07, 6.45) is 1.52. The Balaban J connectivity index is 2.04. The number of fused-ring (bicyclic) bond motifs is 3. The maximum absolute atomic E-state index is 13.4. The lowest BCUT2D eigenvalue weighted by atomic mass is 10.2. The molecule has 102 valence electrons. The summed E-state index contributed by atoms with van der Waals surface area (Å²) in [5.41, 5.74) is 1.66. The molecule has 4 rings (SSSR count). The monoisotopic (exact) mass is 280 g/mol. The predicted molar refractivity (Wildman–Crippen MR) is 75.3 cm³/mol. The van der Waals surface area contributed by atoms with Crippen molar-refractivity contribution in [2.75, 3.05) is 0 Å². The summed E-state index contributed by atoms with van der Waals surface area (Å²) in [6, 6.07) is 11.1. The number of phenols is 1. The van der Waals surface area contributed by atoms with Crippen LogP contribution in [0.25, 0.3) is 27.9 Å². The Kier molecular flexibility index (Phi) is 2.38. The molecule has 21 heavy (non-hydrogen) atoms. The Hall–Kier alpha value is -3.02. The molecule has 2 aromatic heterocycles. The van der Waals surface area contributed by atoms with Crippen LogP contribution < -0.4 is 0 Å². The minimum atomic E-state index is -0.357. The van der Waals surface area contributed by atoms with Gasteiger partial charge < -0.3 is 5.11 Å². The zero-order chi connectivity index (χ0) is 14.4. The number of aromatic hydroxyl groups is 1. The molecular formula is C15H9FN4O. The first-order chi connectivity index (χ1) is 10.2. The van der Waals surface area contributed by atoms with Crippen molar-refractivity contribution in [3.63, 3.8) is 0 Å². The van der Waals surface area contributed by atoms with Crippen molar-refractivity contribution >= 4 is 16.6 Å². The standard InChI is InChI=1S/C15H9FN4O/c16-9-5-6-12-11(7-9)15-18-14(19-20(15)8-17-12)10-3-1-2-4-13(10)21/h1-8,21H. The van der Waals surface area contributed by atoms with Gasteiger partial charge in [-0.25, -0.2) is 18.9 Å². The van der Waals surface area contributed by atoms with Gasteiger partial charge in [-0.3, -0.25) is 0 Å². The normalized spacial score (nSPS) is 11.3. The summed E-state index contributed by atoms with van der Waals surface area (Å²) in [6.45, 7) is 0. The third kappa shape index (κ3) is 1.80. The van der Waals surface area contributed by atoms with E-state index in [1.807, 2.05) is 0 Å². The lowest BCUT2D eigenvalue weighted by molar-refractivity contribution is 0.477. The molecule has 0 saturated heterocycles. The largest absolute Gasteiger partial charge is 0.507 e. The molecule has 0 radical (unpaired) electrons. The zero-order valence-electron chi connectivity index (χ0n) is 10.7. The van der Waals surface area contributed by atoms with Crippen molar-refractivity contribution in [3.8, 4) is 17.1 Å². The van der Waals surface area contributed by atoms with Crippen LogP contribution in [0.5, 0.6) is 5.75 Å². The van der Waals surface area contributed by atoms with Crippen molar-refractivity contribution in [2.45, 2.75) is 0 Å². The van der Waals surface area contributed by atoms with Crippen LogP contribution in [0.2, 0.25) is 0 Å². The first-order valence-electron chi connectivity index (χ1n) is 6.31. The van der Waals surface area contributed by atoms with Crippen LogP contribution in [0.3, 0.4) is 0 Å². The molecule has 0 aliphatic carbocycles. The van der Waals surface area contributed by atoms with Gasteiger partial charge in [0.25, 0.3) is 0 Å². The number of hydrogen-bond acceptors (Lipinski definition) is 4. The molecule has 0 spiro atoms. The van der Waals surface area contributed by atoms with Gasteiger partial charge in [-0.15, -0.1) is 5.10 Å². The summed E-state index contributed by atoms with van der Waals surface area (Å²) in [7, 11) is 0. The fourth-order valence-electron chi connectivity index (χ4n) is 2.28. The highest BCUT2D eigenvalue weighted by molar-refractivity contribution is 5.91. The molecule has 1 N–H and O–H groups in total. The van der Waals surface area contributed by atoms with Gasteiger partial charge in [0.05, 0.1) is 11.1 Å². The average Bonchev–Trinajstić information content (AvgIpc) is 2.92. The van der Waals surface area contributed by atoms with E-state index in [0.29, 0.717) is 27.9 Å². The number of nitrogens with zero attached hydrogens (tertiary/aromatic N) is 4. The molecule has 0 aliphatic rings. The van der Waals surface area contributed by atoms with Crippen LogP contribution in [0, 0.1) is 5.82 Å². The molecule has 5 nitrogen and oxygen atoms in total. The molecule has 0 unspecified atom stereocenters. The molecule has 2 aromatic carbocycles. The van der Waals surface area contributed by atoms with Gasteiger partial charge in [0.2, 0.25) is 0 Å². The number of hydrogen-bond donors (Lipinski definition) is 1. The Labute approximate surface area is 118 Å². The van der Waals surface area contributed by atoms with E-state index in [9.17, 15) is 9.50 Å². The molecular weight excluding hydrogens is 271 g/mol. The number of aromatic nitrogens is 4. The minimum absolute atomic E-state index is 0.0943. The van der Waals surface area contributed by atoms with Crippen molar-refractivity contribution in [3.05, 3.63) is 54.6 Å². The summed E-state index contributed by atoms with van der Waals surface area (Å²) in [5, 5.41) is 14.7. The van der Waals surface area contributed by atoms with Crippen molar-refractivity contribution in [1.82, 2.24) is 19.6 Å². The van der Waals surface area contributed by atoms with Gasteiger partial charge >= 0.3 is 0 Å². The van der Waals surface area contributed by atoms with Crippen LogP contribution >= 0.6 is 0 Å². The van der Waals surface area contributed by atoms with Gasteiger partial charge in [-0.1, -0.05) is 12.1 Å². The Bertz CT molecular complexity index is 980. The molecule has 0 atom stereocenters.